The van der Waals surface area contributed by atoms with Gasteiger partial charge in [0, 0.05) is 36.5 Å². The molecule has 0 atom stereocenters. The number of pyridine rings is 1. The van der Waals surface area contributed by atoms with Crippen molar-refractivity contribution in [2.24, 2.45) is 0 Å². The predicted octanol–water partition coefficient (Wildman–Crippen LogP) is 3.68. The molecule has 2 aromatic heterocycles. The van der Waals surface area contributed by atoms with Crippen LogP contribution in [-0.4, -0.2) is 48.2 Å². The number of nitrogens with one attached hydrogen (secondary N) is 2. The van der Waals surface area contributed by atoms with Crippen molar-refractivity contribution in [3.63, 3.8) is 0 Å². The molecule has 7 heteroatoms. The molecule has 0 fully saturated rings. The van der Waals surface area contributed by atoms with E-state index in [4.69, 9.17) is 14.5 Å². The Morgan fingerprint density at radius 1 is 1.07 bits per heavy atom. The minimum atomic E-state index is -0.151. The van der Waals surface area contributed by atoms with Crippen LogP contribution in [0.1, 0.15) is 10.4 Å². The smallest absolute Gasteiger partial charge is 0.251 e. The number of hydrogen-bond donors (Lipinski definition) is 2. The number of benzene rings is 2. The van der Waals surface area contributed by atoms with E-state index in [1.807, 2.05) is 48.5 Å². The van der Waals surface area contributed by atoms with Gasteiger partial charge >= 0.3 is 0 Å². The second-order valence-corrected chi connectivity index (χ2v) is 6.70. The lowest BCUT2D eigenvalue weighted by molar-refractivity contribution is 0.0937. The zero-order valence-electron chi connectivity index (χ0n) is 16.8. The van der Waals surface area contributed by atoms with Gasteiger partial charge < -0.3 is 19.8 Å². The van der Waals surface area contributed by atoms with Crippen molar-refractivity contribution in [1.82, 2.24) is 20.3 Å². The lowest BCUT2D eigenvalue weighted by Crippen LogP contribution is -2.26. The fourth-order valence-electron chi connectivity index (χ4n) is 3.23. The van der Waals surface area contributed by atoms with E-state index >= 15 is 0 Å². The number of aromatic nitrogens is 3. The maximum atomic E-state index is 12.3. The van der Waals surface area contributed by atoms with E-state index < -0.39 is 0 Å². The van der Waals surface area contributed by atoms with E-state index in [0.717, 1.165) is 28.0 Å². The summed E-state index contributed by atoms with van der Waals surface area (Å²) >= 11 is 0. The van der Waals surface area contributed by atoms with Gasteiger partial charge in [0.1, 0.15) is 17.1 Å². The number of rotatable bonds is 7. The summed E-state index contributed by atoms with van der Waals surface area (Å²) in [6.07, 6.45) is 1.75. The van der Waals surface area contributed by atoms with Gasteiger partial charge in [0.15, 0.2) is 5.65 Å². The Balaban J connectivity index is 1.67. The summed E-state index contributed by atoms with van der Waals surface area (Å²) in [6, 6.07) is 17.1. The van der Waals surface area contributed by atoms with Crippen molar-refractivity contribution in [3.8, 4) is 28.3 Å². The van der Waals surface area contributed by atoms with Gasteiger partial charge in [0.25, 0.3) is 5.91 Å². The van der Waals surface area contributed by atoms with Crippen molar-refractivity contribution in [2.45, 2.75) is 0 Å². The summed E-state index contributed by atoms with van der Waals surface area (Å²) in [4.78, 5) is 24.8. The summed E-state index contributed by atoms with van der Waals surface area (Å²) in [5, 5.41) is 2.83. The largest absolute Gasteiger partial charge is 0.497 e. The van der Waals surface area contributed by atoms with E-state index in [9.17, 15) is 4.79 Å². The number of aromatic amines is 1. The van der Waals surface area contributed by atoms with Crippen molar-refractivity contribution in [1.29, 1.82) is 0 Å². The molecule has 0 radical (unpaired) electrons. The molecule has 7 nitrogen and oxygen atoms in total. The first kappa shape index (κ1) is 19.6. The van der Waals surface area contributed by atoms with Gasteiger partial charge in [0.2, 0.25) is 0 Å². The molecular weight excluding hydrogens is 380 g/mol. The third kappa shape index (κ3) is 4.01. The van der Waals surface area contributed by atoms with Crippen molar-refractivity contribution >= 4 is 17.1 Å². The Morgan fingerprint density at radius 2 is 1.90 bits per heavy atom. The first-order chi connectivity index (χ1) is 14.7. The molecule has 0 aliphatic carbocycles. The van der Waals surface area contributed by atoms with Gasteiger partial charge in [0.05, 0.1) is 13.7 Å². The Hall–Kier alpha value is -3.71. The lowest BCUT2D eigenvalue weighted by Gasteiger charge is -2.05. The predicted molar refractivity (Wildman–Crippen MR) is 116 cm³/mol. The molecule has 0 aliphatic rings. The minimum absolute atomic E-state index is 0.151. The molecule has 2 heterocycles. The highest BCUT2D eigenvalue weighted by Crippen LogP contribution is 2.29. The number of imidazole rings is 1. The molecule has 0 bridgehead atoms. The van der Waals surface area contributed by atoms with E-state index in [0.29, 0.717) is 30.2 Å². The van der Waals surface area contributed by atoms with Crippen LogP contribution in [0.4, 0.5) is 0 Å². The zero-order chi connectivity index (χ0) is 20.9. The van der Waals surface area contributed by atoms with E-state index in [2.05, 4.69) is 15.3 Å². The van der Waals surface area contributed by atoms with Gasteiger partial charge in [-0.1, -0.05) is 24.3 Å². The maximum absolute atomic E-state index is 12.3. The molecule has 0 saturated heterocycles. The SMILES string of the molecule is COCCNC(=O)c1cccc(-c2nc3c(-c4ccc(OC)cc4)ccnc3[nH]2)c1. The third-order valence-electron chi connectivity index (χ3n) is 4.78. The summed E-state index contributed by atoms with van der Waals surface area (Å²) < 4.78 is 10.2. The maximum Gasteiger partial charge on any atom is 0.251 e. The number of methoxy groups -OCH3 is 2. The van der Waals surface area contributed by atoms with E-state index in [1.54, 1.807) is 26.5 Å². The number of ether oxygens (including phenoxy) is 2. The topological polar surface area (TPSA) is 89.1 Å². The molecule has 2 N–H and O–H groups in total. The molecule has 0 unspecified atom stereocenters. The second kappa shape index (κ2) is 8.75. The van der Waals surface area contributed by atoms with Gasteiger partial charge in [-0.15, -0.1) is 0 Å². The number of amides is 1. The highest BCUT2D eigenvalue weighted by Gasteiger charge is 2.13. The van der Waals surface area contributed by atoms with Gasteiger partial charge in [-0.05, 0) is 35.9 Å². The van der Waals surface area contributed by atoms with Crippen LogP contribution in [0.3, 0.4) is 0 Å². The molecule has 1 amide bonds. The molecule has 152 valence electrons. The molecule has 0 spiro atoms. The van der Waals surface area contributed by atoms with Crippen LogP contribution in [-0.2, 0) is 4.74 Å². The molecular formula is C23H22N4O3. The highest BCUT2D eigenvalue weighted by atomic mass is 16.5. The molecule has 4 rings (SSSR count). The van der Waals surface area contributed by atoms with Crippen molar-refractivity contribution in [3.05, 3.63) is 66.4 Å². The highest BCUT2D eigenvalue weighted by molar-refractivity contribution is 5.96. The minimum Gasteiger partial charge on any atom is -0.497 e. The fraction of sp³-hybridized carbons (Fsp3) is 0.174. The molecule has 4 aromatic rings. The van der Waals surface area contributed by atoms with Gasteiger partial charge in [-0.2, -0.15) is 0 Å². The number of nitrogens with zero attached hydrogens (tertiary/aromatic N) is 2. The summed E-state index contributed by atoms with van der Waals surface area (Å²) in [5.74, 6) is 1.31. The summed E-state index contributed by atoms with van der Waals surface area (Å²) in [6.45, 7) is 0.925. The average Bonchev–Trinajstić information content (AvgIpc) is 3.24. The van der Waals surface area contributed by atoms with Gasteiger partial charge in [-0.25, -0.2) is 9.97 Å². The number of hydrogen-bond acceptors (Lipinski definition) is 5. The standard InChI is InChI=1S/C23H22N4O3/c1-29-13-12-25-23(28)17-5-3-4-16(14-17)21-26-20-19(10-11-24-22(20)27-21)15-6-8-18(30-2)9-7-15/h3-11,14H,12-13H2,1-2H3,(H,25,28)(H,24,26,27). The van der Waals surface area contributed by atoms with Crippen LogP contribution in [0.25, 0.3) is 33.7 Å². The van der Waals surface area contributed by atoms with E-state index in [1.165, 1.54) is 0 Å². The quantitative estimate of drug-likeness (QED) is 0.461. The van der Waals surface area contributed by atoms with Crippen LogP contribution >= 0.6 is 0 Å². The third-order valence-corrected chi connectivity index (χ3v) is 4.78. The second-order valence-electron chi connectivity index (χ2n) is 6.70. The fourth-order valence-corrected chi connectivity index (χ4v) is 3.23. The Bertz CT molecular complexity index is 1170. The van der Waals surface area contributed by atoms with Crippen molar-refractivity contribution in [2.75, 3.05) is 27.4 Å². The Kier molecular flexibility index (Phi) is 5.72. The van der Waals surface area contributed by atoms with Crippen molar-refractivity contribution < 1.29 is 14.3 Å². The monoisotopic (exact) mass is 402 g/mol. The summed E-state index contributed by atoms with van der Waals surface area (Å²) in [5.41, 5.74) is 4.83. The first-order valence-electron chi connectivity index (χ1n) is 9.56. The molecule has 30 heavy (non-hydrogen) atoms. The van der Waals surface area contributed by atoms with Crippen LogP contribution in [0.2, 0.25) is 0 Å². The first-order valence-corrected chi connectivity index (χ1v) is 9.56. The Labute approximate surface area is 174 Å². The number of carbonyl (C=O) groups excluding carboxylic acids is 1. The van der Waals surface area contributed by atoms with Crippen LogP contribution < -0.4 is 10.1 Å². The molecule has 0 saturated carbocycles. The van der Waals surface area contributed by atoms with Crippen LogP contribution in [0.5, 0.6) is 5.75 Å². The lowest BCUT2D eigenvalue weighted by atomic mass is 10.1. The number of fused-ring (bicyclic) bond motifs is 1. The Morgan fingerprint density at radius 3 is 2.67 bits per heavy atom. The van der Waals surface area contributed by atoms with Crippen LogP contribution in [0, 0.1) is 0 Å². The van der Waals surface area contributed by atoms with E-state index in [-0.39, 0.29) is 5.91 Å². The zero-order valence-corrected chi connectivity index (χ0v) is 16.8. The summed E-state index contributed by atoms with van der Waals surface area (Å²) in [7, 11) is 3.24. The normalized spacial score (nSPS) is 10.9. The average molecular weight is 402 g/mol. The molecule has 0 aliphatic heterocycles. The number of carbonyl (C=O) groups is 1. The van der Waals surface area contributed by atoms with Crippen LogP contribution in [0.15, 0.2) is 60.8 Å². The van der Waals surface area contributed by atoms with Gasteiger partial charge in [-0.3, -0.25) is 4.79 Å². The molecule has 2 aromatic carbocycles. The number of H-pyrrole nitrogens is 1.